The maximum absolute atomic E-state index is 13.6. The molecule has 0 aromatic heterocycles. The Kier molecular flexibility index (Phi) is 4.51. The van der Waals surface area contributed by atoms with Gasteiger partial charge < -0.3 is 5.73 Å². The fourth-order valence-electron chi connectivity index (χ4n) is 2.05. The number of halogens is 3. The first-order valence-corrected chi connectivity index (χ1v) is 6.38. The molecule has 4 heteroatoms. The van der Waals surface area contributed by atoms with Gasteiger partial charge in [0.1, 0.15) is 11.6 Å². The molecule has 2 rings (SSSR count). The minimum Gasteiger partial charge on any atom is -0.330 e. The first kappa shape index (κ1) is 14.0. The molecule has 19 heavy (non-hydrogen) atoms. The molecule has 2 N–H and O–H groups in total. The van der Waals surface area contributed by atoms with Crippen LogP contribution in [0.1, 0.15) is 17.0 Å². The van der Waals surface area contributed by atoms with E-state index in [9.17, 15) is 8.78 Å². The summed E-state index contributed by atoms with van der Waals surface area (Å²) in [6.45, 7) is 0.315. The van der Waals surface area contributed by atoms with Crippen molar-refractivity contribution in [1.29, 1.82) is 0 Å². The second kappa shape index (κ2) is 6.13. The van der Waals surface area contributed by atoms with Crippen LogP contribution < -0.4 is 5.73 Å². The van der Waals surface area contributed by atoms with E-state index < -0.39 is 11.6 Å². The maximum Gasteiger partial charge on any atom is 0.129 e. The molecule has 1 nitrogen and oxygen atoms in total. The average Bonchev–Trinajstić information content (AvgIpc) is 2.40. The number of benzene rings is 2. The zero-order valence-corrected chi connectivity index (χ0v) is 11.0. The standard InChI is InChI=1S/C15H14ClF2N/c16-12-6-4-10(5-7-12)11(9-19)8-13-14(17)2-1-3-15(13)18/h1-7,11H,8-9,19H2. The van der Waals surface area contributed by atoms with Crippen LogP contribution >= 0.6 is 11.6 Å². The van der Waals surface area contributed by atoms with Gasteiger partial charge in [-0.05, 0) is 42.8 Å². The van der Waals surface area contributed by atoms with Crippen molar-refractivity contribution < 1.29 is 8.78 Å². The highest BCUT2D eigenvalue weighted by Gasteiger charge is 2.16. The Morgan fingerprint density at radius 2 is 1.58 bits per heavy atom. The molecule has 0 spiro atoms. The monoisotopic (exact) mass is 281 g/mol. The molecule has 0 saturated heterocycles. The topological polar surface area (TPSA) is 26.0 Å². The fraction of sp³-hybridized carbons (Fsp3) is 0.200. The highest BCUT2D eigenvalue weighted by Crippen LogP contribution is 2.24. The van der Waals surface area contributed by atoms with Crippen LogP contribution in [0.5, 0.6) is 0 Å². The number of rotatable bonds is 4. The highest BCUT2D eigenvalue weighted by atomic mass is 35.5. The fourth-order valence-corrected chi connectivity index (χ4v) is 2.17. The molecule has 100 valence electrons. The molecule has 0 bridgehead atoms. The van der Waals surface area contributed by atoms with Gasteiger partial charge in [0, 0.05) is 16.5 Å². The minimum absolute atomic E-state index is 0.0768. The summed E-state index contributed by atoms with van der Waals surface area (Å²) in [7, 11) is 0. The quantitative estimate of drug-likeness (QED) is 0.904. The molecular formula is C15H14ClF2N. The summed E-state index contributed by atoms with van der Waals surface area (Å²) in [5.41, 5.74) is 6.72. The minimum atomic E-state index is -0.535. The van der Waals surface area contributed by atoms with Crippen molar-refractivity contribution in [3.05, 3.63) is 70.2 Å². The SMILES string of the molecule is NCC(Cc1c(F)cccc1F)c1ccc(Cl)cc1. The van der Waals surface area contributed by atoms with Crippen LogP contribution in [0.25, 0.3) is 0 Å². The van der Waals surface area contributed by atoms with E-state index in [0.29, 0.717) is 11.6 Å². The van der Waals surface area contributed by atoms with Crippen molar-refractivity contribution in [1.82, 2.24) is 0 Å². The molecule has 0 amide bonds. The first-order chi connectivity index (χ1) is 9.11. The van der Waals surface area contributed by atoms with Gasteiger partial charge in [0.05, 0.1) is 0 Å². The van der Waals surface area contributed by atoms with Gasteiger partial charge in [-0.15, -0.1) is 0 Å². The zero-order chi connectivity index (χ0) is 13.8. The van der Waals surface area contributed by atoms with E-state index >= 15 is 0 Å². The zero-order valence-electron chi connectivity index (χ0n) is 10.2. The third kappa shape index (κ3) is 3.31. The van der Waals surface area contributed by atoms with Crippen molar-refractivity contribution in [2.24, 2.45) is 5.73 Å². The van der Waals surface area contributed by atoms with E-state index in [2.05, 4.69) is 0 Å². The summed E-state index contributed by atoms with van der Waals surface area (Å²) in [4.78, 5) is 0. The normalized spacial score (nSPS) is 12.4. The molecule has 0 heterocycles. The average molecular weight is 282 g/mol. The molecule has 1 atom stereocenters. The van der Waals surface area contributed by atoms with Crippen LogP contribution in [-0.4, -0.2) is 6.54 Å². The van der Waals surface area contributed by atoms with E-state index in [1.165, 1.54) is 18.2 Å². The largest absolute Gasteiger partial charge is 0.330 e. The molecule has 0 aliphatic heterocycles. The predicted molar refractivity (Wildman–Crippen MR) is 73.3 cm³/mol. The van der Waals surface area contributed by atoms with E-state index in [1.807, 2.05) is 12.1 Å². The number of hydrogen-bond acceptors (Lipinski definition) is 1. The lowest BCUT2D eigenvalue weighted by atomic mass is 9.91. The van der Waals surface area contributed by atoms with Gasteiger partial charge in [0.25, 0.3) is 0 Å². The maximum atomic E-state index is 13.6. The van der Waals surface area contributed by atoms with Gasteiger partial charge in [0.15, 0.2) is 0 Å². The lowest BCUT2D eigenvalue weighted by Crippen LogP contribution is -2.16. The summed E-state index contributed by atoms with van der Waals surface area (Å²) in [6.07, 6.45) is 0.233. The van der Waals surface area contributed by atoms with Gasteiger partial charge in [0.2, 0.25) is 0 Å². The van der Waals surface area contributed by atoms with Crippen molar-refractivity contribution in [2.45, 2.75) is 12.3 Å². The molecular weight excluding hydrogens is 268 g/mol. The molecule has 1 unspecified atom stereocenters. The Balaban J connectivity index is 2.26. The van der Waals surface area contributed by atoms with E-state index in [0.717, 1.165) is 5.56 Å². The van der Waals surface area contributed by atoms with Crippen molar-refractivity contribution >= 4 is 11.6 Å². The second-order valence-electron chi connectivity index (χ2n) is 4.39. The van der Waals surface area contributed by atoms with Gasteiger partial charge in [-0.1, -0.05) is 29.8 Å². The van der Waals surface area contributed by atoms with Crippen LogP contribution in [0.15, 0.2) is 42.5 Å². The molecule has 0 saturated carbocycles. The van der Waals surface area contributed by atoms with Crippen molar-refractivity contribution in [2.75, 3.05) is 6.54 Å². The van der Waals surface area contributed by atoms with Crippen LogP contribution in [0, 0.1) is 11.6 Å². The van der Waals surface area contributed by atoms with Crippen molar-refractivity contribution in [3.8, 4) is 0 Å². The third-order valence-electron chi connectivity index (χ3n) is 3.14. The summed E-state index contributed by atoms with van der Waals surface area (Å²) < 4.78 is 27.3. The summed E-state index contributed by atoms with van der Waals surface area (Å²) >= 11 is 5.82. The van der Waals surface area contributed by atoms with Crippen molar-refractivity contribution in [3.63, 3.8) is 0 Å². The van der Waals surface area contributed by atoms with Crippen LogP contribution in [0.3, 0.4) is 0 Å². The number of hydrogen-bond donors (Lipinski definition) is 1. The van der Waals surface area contributed by atoms with Gasteiger partial charge >= 0.3 is 0 Å². The third-order valence-corrected chi connectivity index (χ3v) is 3.39. The van der Waals surface area contributed by atoms with Crippen LogP contribution in [0.4, 0.5) is 8.78 Å². The summed E-state index contributed by atoms with van der Waals surface area (Å²) in [6, 6.07) is 11.0. The first-order valence-electron chi connectivity index (χ1n) is 6.00. The molecule has 0 aliphatic carbocycles. The Morgan fingerprint density at radius 3 is 2.11 bits per heavy atom. The molecule has 2 aromatic carbocycles. The number of nitrogens with two attached hydrogens (primary N) is 1. The van der Waals surface area contributed by atoms with Gasteiger partial charge in [-0.2, -0.15) is 0 Å². The van der Waals surface area contributed by atoms with Crippen LogP contribution in [0.2, 0.25) is 5.02 Å². The van der Waals surface area contributed by atoms with Crippen LogP contribution in [-0.2, 0) is 6.42 Å². The van der Waals surface area contributed by atoms with Gasteiger partial charge in [-0.3, -0.25) is 0 Å². The highest BCUT2D eigenvalue weighted by molar-refractivity contribution is 6.30. The molecule has 0 aliphatic rings. The van der Waals surface area contributed by atoms with E-state index in [4.69, 9.17) is 17.3 Å². The summed E-state index contributed by atoms with van der Waals surface area (Å²) in [5.74, 6) is -1.21. The lowest BCUT2D eigenvalue weighted by Gasteiger charge is -2.16. The van der Waals surface area contributed by atoms with Gasteiger partial charge in [-0.25, -0.2) is 8.78 Å². The Morgan fingerprint density at radius 1 is 1.00 bits per heavy atom. The molecule has 2 aromatic rings. The molecule has 0 fully saturated rings. The molecule has 0 radical (unpaired) electrons. The summed E-state index contributed by atoms with van der Waals surface area (Å²) in [5, 5.41) is 0.622. The predicted octanol–water partition coefficient (Wildman–Crippen LogP) is 3.90. The smallest absolute Gasteiger partial charge is 0.129 e. The lowest BCUT2D eigenvalue weighted by molar-refractivity contribution is 0.538. The Bertz CT molecular complexity index is 534. The Hall–Kier alpha value is -1.45. The van der Waals surface area contributed by atoms with E-state index in [1.54, 1.807) is 12.1 Å². The van der Waals surface area contributed by atoms with E-state index in [-0.39, 0.29) is 17.9 Å². The Labute approximate surface area is 116 Å². The second-order valence-corrected chi connectivity index (χ2v) is 4.82.